The molecule has 0 unspecified atom stereocenters. The van der Waals surface area contributed by atoms with Crippen LogP contribution in [0.5, 0.6) is 0 Å². The number of carbonyl (C=O) groups is 2. The molecular formula is C16H14O4S2. The Morgan fingerprint density at radius 3 is 1.55 bits per heavy atom. The van der Waals surface area contributed by atoms with Crippen molar-refractivity contribution >= 4 is 33.5 Å². The molecule has 0 aliphatic heterocycles. The zero-order chi connectivity index (χ0) is 15.9. The predicted molar refractivity (Wildman–Crippen MR) is 87.3 cm³/mol. The third-order valence-electron chi connectivity index (χ3n) is 2.74. The van der Waals surface area contributed by atoms with Gasteiger partial charge in [0.2, 0.25) is 0 Å². The number of ether oxygens (including phenoxy) is 2. The van der Waals surface area contributed by atoms with E-state index in [9.17, 15) is 9.59 Å². The van der Waals surface area contributed by atoms with Crippen molar-refractivity contribution in [1.82, 2.24) is 0 Å². The molecule has 0 heterocycles. The van der Waals surface area contributed by atoms with E-state index in [2.05, 4.69) is 0 Å². The highest BCUT2D eigenvalue weighted by molar-refractivity contribution is 8.76. The second-order valence-corrected chi connectivity index (χ2v) is 6.48. The van der Waals surface area contributed by atoms with Crippen molar-refractivity contribution in [2.75, 3.05) is 14.2 Å². The number of carbonyl (C=O) groups excluding carboxylic acids is 2. The first-order chi connectivity index (χ1) is 10.6. The van der Waals surface area contributed by atoms with E-state index in [1.807, 2.05) is 12.1 Å². The Bertz CT molecular complexity index is 626. The van der Waals surface area contributed by atoms with Crippen LogP contribution < -0.4 is 0 Å². The van der Waals surface area contributed by atoms with Gasteiger partial charge in [-0.2, -0.15) is 0 Å². The highest BCUT2D eigenvalue weighted by atomic mass is 33.1. The molecule has 0 aromatic heterocycles. The molecule has 0 atom stereocenters. The quantitative estimate of drug-likeness (QED) is 0.607. The van der Waals surface area contributed by atoms with Gasteiger partial charge in [0, 0.05) is 9.79 Å². The van der Waals surface area contributed by atoms with Crippen LogP contribution in [0.2, 0.25) is 0 Å². The molecule has 0 bridgehead atoms. The van der Waals surface area contributed by atoms with Crippen molar-refractivity contribution in [2.45, 2.75) is 9.79 Å². The minimum Gasteiger partial charge on any atom is -0.465 e. The van der Waals surface area contributed by atoms with E-state index in [1.54, 1.807) is 36.4 Å². The van der Waals surface area contributed by atoms with Gasteiger partial charge in [0.25, 0.3) is 0 Å². The summed E-state index contributed by atoms with van der Waals surface area (Å²) in [6.07, 6.45) is 0. The molecule has 22 heavy (non-hydrogen) atoms. The Morgan fingerprint density at radius 2 is 1.18 bits per heavy atom. The predicted octanol–water partition coefficient (Wildman–Crippen LogP) is 4.06. The second kappa shape index (κ2) is 7.91. The first-order valence-corrected chi connectivity index (χ1v) is 8.50. The molecule has 0 saturated heterocycles. The lowest BCUT2D eigenvalue weighted by Crippen LogP contribution is -2.00. The molecule has 2 rings (SSSR count). The third kappa shape index (κ3) is 4.29. The average molecular weight is 334 g/mol. The molecule has 6 heteroatoms. The van der Waals surface area contributed by atoms with Crippen LogP contribution in [0.3, 0.4) is 0 Å². The van der Waals surface area contributed by atoms with Crippen LogP contribution in [0.1, 0.15) is 20.7 Å². The highest BCUT2D eigenvalue weighted by Gasteiger charge is 2.08. The summed E-state index contributed by atoms with van der Waals surface area (Å²) in [5.74, 6) is -0.722. The fourth-order valence-electron chi connectivity index (χ4n) is 1.68. The minimum absolute atomic E-state index is 0.361. The van der Waals surface area contributed by atoms with Crippen LogP contribution in [0.4, 0.5) is 0 Å². The largest absolute Gasteiger partial charge is 0.465 e. The number of hydrogen-bond acceptors (Lipinski definition) is 6. The van der Waals surface area contributed by atoms with Gasteiger partial charge in [-0.05, 0) is 36.4 Å². The number of rotatable bonds is 5. The first kappa shape index (κ1) is 16.5. The summed E-state index contributed by atoms with van der Waals surface area (Å²) in [4.78, 5) is 24.9. The van der Waals surface area contributed by atoms with Crippen molar-refractivity contribution in [3.05, 3.63) is 59.7 Å². The molecule has 114 valence electrons. The molecule has 0 aliphatic rings. The second-order valence-electron chi connectivity index (χ2n) is 4.21. The van der Waals surface area contributed by atoms with Crippen molar-refractivity contribution < 1.29 is 19.1 Å². The molecule has 0 N–H and O–H groups in total. The van der Waals surface area contributed by atoms with Crippen LogP contribution >= 0.6 is 21.6 Å². The SMILES string of the molecule is COC(=O)c1cccc(SSc2cccc(C(=O)OC)c2)c1. The van der Waals surface area contributed by atoms with E-state index in [-0.39, 0.29) is 11.9 Å². The zero-order valence-corrected chi connectivity index (χ0v) is 13.7. The lowest BCUT2D eigenvalue weighted by molar-refractivity contribution is 0.0591. The summed E-state index contributed by atoms with van der Waals surface area (Å²) in [7, 11) is 5.71. The summed E-state index contributed by atoms with van der Waals surface area (Å²) in [5, 5.41) is 0. The van der Waals surface area contributed by atoms with Gasteiger partial charge < -0.3 is 9.47 Å². The molecule has 4 nitrogen and oxygen atoms in total. The van der Waals surface area contributed by atoms with Gasteiger partial charge in [-0.1, -0.05) is 33.7 Å². The average Bonchev–Trinajstić information content (AvgIpc) is 2.59. The fourth-order valence-corrected chi connectivity index (χ4v) is 3.69. The summed E-state index contributed by atoms with van der Waals surface area (Å²) in [5.41, 5.74) is 1.02. The third-order valence-corrected chi connectivity index (χ3v) is 5.13. The van der Waals surface area contributed by atoms with E-state index < -0.39 is 0 Å². The van der Waals surface area contributed by atoms with Crippen LogP contribution in [0.25, 0.3) is 0 Å². The van der Waals surface area contributed by atoms with Crippen molar-refractivity contribution in [3.63, 3.8) is 0 Å². The van der Waals surface area contributed by atoms with E-state index in [1.165, 1.54) is 35.8 Å². The van der Waals surface area contributed by atoms with E-state index >= 15 is 0 Å². The van der Waals surface area contributed by atoms with Crippen LogP contribution in [0, 0.1) is 0 Å². The van der Waals surface area contributed by atoms with Gasteiger partial charge in [-0.25, -0.2) is 9.59 Å². The Balaban J connectivity index is 2.07. The summed E-state index contributed by atoms with van der Waals surface area (Å²) in [6.45, 7) is 0. The van der Waals surface area contributed by atoms with Crippen molar-refractivity contribution in [2.24, 2.45) is 0 Å². The molecule has 0 radical (unpaired) electrons. The van der Waals surface area contributed by atoms with Crippen molar-refractivity contribution in [1.29, 1.82) is 0 Å². The molecular weight excluding hydrogens is 320 g/mol. The van der Waals surface area contributed by atoms with E-state index in [0.717, 1.165) is 9.79 Å². The van der Waals surface area contributed by atoms with Gasteiger partial charge in [-0.3, -0.25) is 0 Å². The maximum atomic E-state index is 11.5. The summed E-state index contributed by atoms with van der Waals surface area (Å²) < 4.78 is 9.40. The van der Waals surface area contributed by atoms with Gasteiger partial charge in [0.15, 0.2) is 0 Å². The molecule has 0 saturated carbocycles. The monoisotopic (exact) mass is 334 g/mol. The Kier molecular flexibility index (Phi) is 5.91. The van der Waals surface area contributed by atoms with E-state index in [4.69, 9.17) is 9.47 Å². The van der Waals surface area contributed by atoms with E-state index in [0.29, 0.717) is 11.1 Å². The number of methoxy groups -OCH3 is 2. The van der Waals surface area contributed by atoms with Crippen molar-refractivity contribution in [3.8, 4) is 0 Å². The maximum absolute atomic E-state index is 11.5. The zero-order valence-electron chi connectivity index (χ0n) is 12.1. The lowest BCUT2D eigenvalue weighted by Gasteiger charge is -2.05. The maximum Gasteiger partial charge on any atom is 0.337 e. The van der Waals surface area contributed by atoms with Crippen LogP contribution in [0.15, 0.2) is 58.3 Å². The summed E-state index contributed by atoms with van der Waals surface area (Å²) in [6, 6.07) is 14.4. The molecule has 0 fully saturated rings. The molecule has 0 spiro atoms. The first-order valence-electron chi connectivity index (χ1n) is 6.35. The Labute approximate surface area is 136 Å². The molecule has 0 aliphatic carbocycles. The number of benzene rings is 2. The fraction of sp³-hybridized carbons (Fsp3) is 0.125. The van der Waals surface area contributed by atoms with Crippen LogP contribution in [-0.4, -0.2) is 26.2 Å². The standard InChI is InChI=1S/C16H14O4S2/c1-19-15(17)11-5-3-7-13(9-11)21-22-14-8-4-6-12(10-14)16(18)20-2/h3-10H,1-2H3. The molecule has 0 amide bonds. The van der Waals surface area contributed by atoms with Crippen LogP contribution in [-0.2, 0) is 9.47 Å². The van der Waals surface area contributed by atoms with Gasteiger partial charge >= 0.3 is 11.9 Å². The number of hydrogen-bond donors (Lipinski definition) is 0. The Morgan fingerprint density at radius 1 is 0.773 bits per heavy atom. The highest BCUT2D eigenvalue weighted by Crippen LogP contribution is 2.37. The van der Waals surface area contributed by atoms with Gasteiger partial charge in [0.1, 0.15) is 0 Å². The smallest absolute Gasteiger partial charge is 0.337 e. The van der Waals surface area contributed by atoms with Gasteiger partial charge in [-0.15, -0.1) is 0 Å². The lowest BCUT2D eigenvalue weighted by atomic mass is 10.2. The van der Waals surface area contributed by atoms with Gasteiger partial charge in [0.05, 0.1) is 25.3 Å². The molecule has 2 aromatic carbocycles. The topological polar surface area (TPSA) is 52.6 Å². The number of esters is 2. The molecule has 2 aromatic rings. The summed E-state index contributed by atoms with van der Waals surface area (Å²) >= 11 is 0. The minimum atomic E-state index is -0.361. The Hall–Kier alpha value is -1.92. The normalized spacial score (nSPS) is 10.1.